The van der Waals surface area contributed by atoms with Crippen LogP contribution in [0.25, 0.3) is 10.6 Å². The van der Waals surface area contributed by atoms with Gasteiger partial charge in [0.15, 0.2) is 5.16 Å². The van der Waals surface area contributed by atoms with Gasteiger partial charge in [-0.1, -0.05) is 31.2 Å². The minimum atomic E-state index is -4.74. The fourth-order valence-corrected chi connectivity index (χ4v) is 4.69. The number of hydrogen-bond acceptors (Lipinski definition) is 7. The molecule has 0 amide bonds. The van der Waals surface area contributed by atoms with E-state index in [0.717, 1.165) is 35.5 Å². The van der Waals surface area contributed by atoms with Gasteiger partial charge in [0.25, 0.3) is 0 Å². The molecule has 4 N–H and O–H groups in total. The molecule has 3 aromatic rings. The van der Waals surface area contributed by atoms with Crippen molar-refractivity contribution in [1.29, 1.82) is 0 Å². The number of nitrogen functional groups attached to an aromatic ring is 2. The highest BCUT2D eigenvalue weighted by Gasteiger charge is 2.34. The smallest absolute Gasteiger partial charge is 0.383 e. The van der Waals surface area contributed by atoms with Gasteiger partial charge >= 0.3 is 6.18 Å². The van der Waals surface area contributed by atoms with E-state index in [4.69, 9.17) is 11.5 Å². The van der Waals surface area contributed by atoms with Gasteiger partial charge in [-0.2, -0.15) is 13.2 Å². The van der Waals surface area contributed by atoms with Crippen molar-refractivity contribution >= 4 is 34.7 Å². The first-order chi connectivity index (χ1) is 13.7. The van der Waals surface area contributed by atoms with Crippen molar-refractivity contribution in [1.82, 2.24) is 15.0 Å². The van der Waals surface area contributed by atoms with Gasteiger partial charge in [-0.25, -0.2) is 19.3 Å². The molecular weight excluding hydrogens is 426 g/mol. The zero-order valence-electron chi connectivity index (χ0n) is 15.3. The molecule has 0 unspecified atom stereocenters. The maximum Gasteiger partial charge on any atom is 0.419 e. The predicted molar refractivity (Wildman–Crippen MR) is 107 cm³/mol. The van der Waals surface area contributed by atoms with Crippen molar-refractivity contribution in [2.75, 3.05) is 11.5 Å². The highest BCUT2D eigenvalue weighted by molar-refractivity contribution is 7.98. The number of aryl methyl sites for hydroxylation is 1. The minimum Gasteiger partial charge on any atom is -0.383 e. The number of benzene rings is 1. The number of hydrogen-bond donors (Lipinski definition) is 2. The van der Waals surface area contributed by atoms with Gasteiger partial charge in [0.05, 0.1) is 11.3 Å². The van der Waals surface area contributed by atoms with Gasteiger partial charge in [0.2, 0.25) is 0 Å². The minimum absolute atomic E-state index is 0.257. The topological polar surface area (TPSA) is 90.7 Å². The number of thioether (sulfide) groups is 1. The second kappa shape index (κ2) is 8.54. The van der Waals surface area contributed by atoms with E-state index >= 15 is 0 Å². The van der Waals surface area contributed by atoms with Crippen LogP contribution in [0.2, 0.25) is 0 Å². The summed E-state index contributed by atoms with van der Waals surface area (Å²) >= 11 is 2.64. The summed E-state index contributed by atoms with van der Waals surface area (Å²) in [5.74, 6) is -0.375. The summed E-state index contributed by atoms with van der Waals surface area (Å²) in [5.41, 5.74) is 11.1. The number of anilines is 2. The average Bonchev–Trinajstić information content (AvgIpc) is 3.01. The summed E-state index contributed by atoms with van der Waals surface area (Å²) in [6.07, 6.45) is -3.13. The largest absolute Gasteiger partial charge is 0.419 e. The molecule has 0 saturated heterocycles. The van der Waals surface area contributed by atoms with E-state index in [1.54, 1.807) is 0 Å². The Hall–Kier alpha value is -2.40. The van der Waals surface area contributed by atoms with E-state index in [-0.39, 0.29) is 11.6 Å². The third-order valence-corrected chi connectivity index (χ3v) is 5.93. The number of halogens is 4. The monoisotopic (exact) mass is 443 g/mol. The van der Waals surface area contributed by atoms with Crippen LogP contribution in [0.1, 0.15) is 29.5 Å². The predicted octanol–water partition coefficient (Wildman–Crippen LogP) is 5.17. The summed E-state index contributed by atoms with van der Waals surface area (Å²) in [6.45, 7) is 2.01. The Morgan fingerprint density at radius 2 is 1.76 bits per heavy atom. The van der Waals surface area contributed by atoms with Crippen LogP contribution in [0.5, 0.6) is 0 Å². The number of nitrogens with two attached hydrogens (primary N) is 2. The van der Waals surface area contributed by atoms with Crippen molar-refractivity contribution in [3.63, 3.8) is 0 Å². The molecule has 5 nitrogen and oxygen atoms in total. The van der Waals surface area contributed by atoms with Crippen molar-refractivity contribution in [2.24, 2.45) is 0 Å². The van der Waals surface area contributed by atoms with E-state index in [0.29, 0.717) is 21.5 Å². The highest BCUT2D eigenvalue weighted by Crippen LogP contribution is 2.36. The van der Waals surface area contributed by atoms with Crippen molar-refractivity contribution < 1.29 is 17.6 Å². The van der Waals surface area contributed by atoms with Gasteiger partial charge in [-0.15, -0.1) is 11.3 Å². The number of alkyl halides is 3. The molecule has 0 saturated carbocycles. The Morgan fingerprint density at radius 3 is 2.34 bits per heavy atom. The lowest BCUT2D eigenvalue weighted by Crippen LogP contribution is -2.07. The third-order valence-electron chi connectivity index (χ3n) is 3.86. The quantitative estimate of drug-likeness (QED) is 0.310. The van der Waals surface area contributed by atoms with Crippen LogP contribution < -0.4 is 11.5 Å². The SMILES string of the molecule is CCCc1sc(-c2ccc(C(F)(F)F)c(F)c2)nc1CSc1nc(N)cc(N)n1. The van der Waals surface area contributed by atoms with E-state index in [9.17, 15) is 17.6 Å². The molecule has 2 heterocycles. The van der Waals surface area contributed by atoms with Crippen LogP contribution in [0.4, 0.5) is 29.2 Å². The van der Waals surface area contributed by atoms with Gasteiger partial charge in [0.1, 0.15) is 22.5 Å². The summed E-state index contributed by atoms with van der Waals surface area (Å²) in [4.78, 5) is 13.7. The van der Waals surface area contributed by atoms with E-state index < -0.39 is 17.6 Å². The van der Waals surface area contributed by atoms with Crippen molar-refractivity contribution in [3.05, 3.63) is 46.2 Å². The lowest BCUT2D eigenvalue weighted by molar-refractivity contribution is -0.139. The molecule has 3 rings (SSSR count). The van der Waals surface area contributed by atoms with Crippen LogP contribution in [0.3, 0.4) is 0 Å². The molecule has 11 heteroatoms. The Kier molecular flexibility index (Phi) is 6.27. The Morgan fingerprint density at radius 1 is 1.07 bits per heavy atom. The fraction of sp³-hybridized carbons (Fsp3) is 0.278. The van der Waals surface area contributed by atoms with Crippen molar-refractivity contribution in [3.8, 4) is 10.6 Å². The molecule has 0 atom stereocenters. The lowest BCUT2D eigenvalue weighted by atomic mass is 10.1. The van der Waals surface area contributed by atoms with E-state index in [2.05, 4.69) is 15.0 Å². The summed E-state index contributed by atoms with van der Waals surface area (Å²) in [5, 5.41) is 0.866. The first-order valence-electron chi connectivity index (χ1n) is 8.56. The molecule has 0 bridgehead atoms. The molecule has 29 heavy (non-hydrogen) atoms. The Labute approximate surface area is 172 Å². The first kappa shape index (κ1) is 21.3. The molecule has 0 aliphatic heterocycles. The molecule has 0 aliphatic carbocycles. The van der Waals surface area contributed by atoms with E-state index in [1.807, 2.05) is 6.92 Å². The second-order valence-corrected chi connectivity index (χ2v) is 8.15. The molecule has 0 fully saturated rings. The normalized spacial score (nSPS) is 11.8. The Bertz CT molecular complexity index is 1000. The number of nitrogens with zero attached hydrogens (tertiary/aromatic N) is 3. The average molecular weight is 443 g/mol. The second-order valence-electron chi connectivity index (χ2n) is 6.12. The van der Waals surface area contributed by atoms with Crippen LogP contribution in [-0.4, -0.2) is 15.0 Å². The molecule has 0 aliphatic rings. The van der Waals surface area contributed by atoms with Crippen molar-refractivity contribution in [2.45, 2.75) is 36.9 Å². The van der Waals surface area contributed by atoms with Crippen LogP contribution in [0, 0.1) is 5.82 Å². The van der Waals surface area contributed by atoms with Crippen LogP contribution in [-0.2, 0) is 18.3 Å². The Balaban J connectivity index is 1.87. The maximum atomic E-state index is 13.9. The summed E-state index contributed by atoms with van der Waals surface area (Å²) in [7, 11) is 0. The molecule has 2 aromatic heterocycles. The van der Waals surface area contributed by atoms with Gasteiger partial charge in [0, 0.05) is 22.3 Å². The zero-order valence-corrected chi connectivity index (χ0v) is 16.9. The highest BCUT2D eigenvalue weighted by atomic mass is 32.2. The molecule has 1 aromatic carbocycles. The van der Waals surface area contributed by atoms with E-state index in [1.165, 1.54) is 35.2 Å². The third kappa shape index (κ3) is 5.15. The van der Waals surface area contributed by atoms with Crippen LogP contribution >= 0.6 is 23.1 Å². The molecule has 0 spiro atoms. The zero-order chi connectivity index (χ0) is 21.2. The summed E-state index contributed by atoms with van der Waals surface area (Å²) < 4.78 is 52.3. The number of thiazole rings is 1. The lowest BCUT2D eigenvalue weighted by Gasteiger charge is -2.08. The number of rotatable bonds is 6. The van der Waals surface area contributed by atoms with Gasteiger partial charge in [-0.05, 0) is 18.6 Å². The molecular formula is C18H17F4N5S2. The molecule has 0 radical (unpaired) electrons. The van der Waals surface area contributed by atoms with Gasteiger partial charge < -0.3 is 11.5 Å². The summed E-state index contributed by atoms with van der Waals surface area (Å²) in [6, 6.07) is 4.30. The maximum absolute atomic E-state index is 13.9. The first-order valence-corrected chi connectivity index (χ1v) is 10.4. The van der Waals surface area contributed by atoms with Crippen LogP contribution in [0.15, 0.2) is 29.4 Å². The number of aromatic nitrogens is 3. The standard InChI is InChI=1S/C18H17F4N5S2/c1-2-3-13-12(8-28-17-26-14(23)7-15(24)27-17)25-16(29-13)9-4-5-10(11(19)6-9)18(20,21)22/h4-7H,2-3,8H2,1H3,(H4,23,24,26,27). The van der Waals surface area contributed by atoms with Gasteiger partial charge in [-0.3, -0.25) is 0 Å². The fourth-order valence-electron chi connectivity index (χ4n) is 2.58. The molecule has 154 valence electrons.